The van der Waals surface area contributed by atoms with Crippen molar-refractivity contribution < 1.29 is 9.90 Å². The third kappa shape index (κ3) is 2.38. The first-order chi connectivity index (χ1) is 7.29. The molecule has 1 fully saturated rings. The van der Waals surface area contributed by atoms with E-state index in [1.54, 1.807) is 0 Å². The summed E-state index contributed by atoms with van der Waals surface area (Å²) in [4.78, 5) is 14.3. The maximum absolute atomic E-state index is 11.3. The van der Waals surface area contributed by atoms with Gasteiger partial charge in [0.15, 0.2) is 0 Å². The number of likely N-dealkylation sites (tertiary alicyclic amines) is 1. The molecule has 1 aliphatic heterocycles. The van der Waals surface area contributed by atoms with Crippen molar-refractivity contribution in [2.24, 2.45) is 0 Å². The fourth-order valence-electron chi connectivity index (χ4n) is 2.08. The van der Waals surface area contributed by atoms with Crippen molar-refractivity contribution >= 4 is 17.3 Å². The Bertz CT molecular complexity index is 317. The van der Waals surface area contributed by atoms with Gasteiger partial charge in [-0.15, -0.1) is 11.3 Å². The normalized spacial score (nSPS) is 20.0. The molecule has 2 rings (SSSR count). The topological polar surface area (TPSA) is 40.5 Å². The average Bonchev–Trinajstić information content (AvgIpc) is 2.72. The lowest BCUT2D eigenvalue weighted by molar-refractivity contribution is -0.143. The van der Waals surface area contributed by atoms with Crippen molar-refractivity contribution in [1.29, 1.82) is 0 Å². The van der Waals surface area contributed by atoms with Crippen molar-refractivity contribution in [2.75, 3.05) is 13.1 Å². The van der Waals surface area contributed by atoms with Gasteiger partial charge in [0, 0.05) is 4.88 Å². The third-order valence-corrected chi connectivity index (χ3v) is 3.73. The second-order valence-electron chi connectivity index (χ2n) is 3.85. The predicted molar refractivity (Wildman–Crippen MR) is 60.1 cm³/mol. The summed E-state index contributed by atoms with van der Waals surface area (Å²) in [6.45, 7) is 1.82. The van der Waals surface area contributed by atoms with Crippen LogP contribution in [-0.2, 0) is 4.79 Å². The van der Waals surface area contributed by atoms with E-state index in [-0.39, 0.29) is 0 Å². The Morgan fingerprint density at radius 2 is 2.13 bits per heavy atom. The number of carbonyl (C=O) groups is 1. The van der Waals surface area contributed by atoms with Gasteiger partial charge in [-0.25, -0.2) is 0 Å². The zero-order valence-electron chi connectivity index (χ0n) is 8.56. The van der Waals surface area contributed by atoms with Crippen LogP contribution in [0, 0.1) is 0 Å². The summed E-state index contributed by atoms with van der Waals surface area (Å²) in [6.07, 6.45) is 3.47. The van der Waals surface area contributed by atoms with E-state index in [2.05, 4.69) is 4.90 Å². The molecule has 0 bridgehead atoms. The van der Waals surface area contributed by atoms with Crippen LogP contribution in [0.25, 0.3) is 0 Å². The minimum atomic E-state index is -0.723. The maximum Gasteiger partial charge on any atom is 0.326 e. The zero-order chi connectivity index (χ0) is 10.7. The average molecular weight is 225 g/mol. The van der Waals surface area contributed by atoms with Crippen LogP contribution in [-0.4, -0.2) is 29.1 Å². The van der Waals surface area contributed by atoms with Crippen LogP contribution >= 0.6 is 11.3 Å². The van der Waals surface area contributed by atoms with Crippen molar-refractivity contribution in [3.8, 4) is 0 Å². The van der Waals surface area contributed by atoms with Crippen LogP contribution in [0.3, 0.4) is 0 Å². The molecule has 0 aromatic carbocycles. The van der Waals surface area contributed by atoms with Crippen LogP contribution in [0.2, 0.25) is 0 Å². The van der Waals surface area contributed by atoms with Gasteiger partial charge in [-0.3, -0.25) is 9.69 Å². The molecule has 0 unspecified atom stereocenters. The lowest BCUT2D eigenvalue weighted by Gasteiger charge is -2.31. The van der Waals surface area contributed by atoms with Gasteiger partial charge in [-0.05, 0) is 37.4 Å². The summed E-state index contributed by atoms with van der Waals surface area (Å²) in [5.41, 5.74) is 0. The van der Waals surface area contributed by atoms with Gasteiger partial charge in [0.2, 0.25) is 0 Å². The molecule has 82 valence electrons. The highest BCUT2D eigenvalue weighted by molar-refractivity contribution is 7.10. The second kappa shape index (κ2) is 4.77. The van der Waals surface area contributed by atoms with Gasteiger partial charge < -0.3 is 5.11 Å². The highest BCUT2D eigenvalue weighted by atomic mass is 32.1. The zero-order valence-corrected chi connectivity index (χ0v) is 9.37. The number of thiophene rings is 1. The summed E-state index contributed by atoms with van der Waals surface area (Å²) < 4.78 is 0. The molecule has 1 atom stereocenters. The smallest absolute Gasteiger partial charge is 0.326 e. The Labute approximate surface area is 93.3 Å². The fraction of sp³-hybridized carbons (Fsp3) is 0.545. The molecular weight excluding hydrogens is 210 g/mol. The Morgan fingerprint density at radius 3 is 2.67 bits per heavy atom. The minimum Gasteiger partial charge on any atom is -0.480 e. The van der Waals surface area contributed by atoms with E-state index < -0.39 is 12.0 Å². The first-order valence-electron chi connectivity index (χ1n) is 5.29. The van der Waals surface area contributed by atoms with E-state index in [1.165, 1.54) is 17.8 Å². The number of hydrogen-bond acceptors (Lipinski definition) is 3. The molecule has 0 radical (unpaired) electrons. The quantitative estimate of drug-likeness (QED) is 0.858. The molecular formula is C11H15NO2S. The Balaban J connectivity index is 2.15. The SMILES string of the molecule is O=C(O)[C@@H](c1cccs1)N1CCCCC1. The van der Waals surface area contributed by atoms with Crippen molar-refractivity contribution in [1.82, 2.24) is 4.90 Å². The monoisotopic (exact) mass is 225 g/mol. The molecule has 1 aromatic heterocycles. The van der Waals surface area contributed by atoms with Gasteiger partial charge in [0.1, 0.15) is 6.04 Å². The van der Waals surface area contributed by atoms with Crippen LogP contribution in [0.5, 0.6) is 0 Å². The molecule has 1 N–H and O–H groups in total. The second-order valence-corrected chi connectivity index (χ2v) is 4.83. The number of carboxylic acids is 1. The molecule has 0 saturated carbocycles. The van der Waals surface area contributed by atoms with Gasteiger partial charge >= 0.3 is 5.97 Å². The van der Waals surface area contributed by atoms with Gasteiger partial charge in [-0.1, -0.05) is 12.5 Å². The van der Waals surface area contributed by atoms with Crippen LogP contribution < -0.4 is 0 Å². The van der Waals surface area contributed by atoms with E-state index in [0.717, 1.165) is 30.8 Å². The molecule has 3 nitrogen and oxygen atoms in total. The van der Waals surface area contributed by atoms with E-state index in [1.807, 2.05) is 17.5 Å². The number of aliphatic carboxylic acids is 1. The van der Waals surface area contributed by atoms with Crippen molar-refractivity contribution in [2.45, 2.75) is 25.3 Å². The van der Waals surface area contributed by atoms with E-state index in [4.69, 9.17) is 0 Å². The molecule has 0 spiro atoms. The summed E-state index contributed by atoms with van der Waals surface area (Å²) in [7, 11) is 0. The molecule has 1 aromatic rings. The number of carboxylic acid groups (broad SMARTS) is 1. The summed E-state index contributed by atoms with van der Waals surface area (Å²) >= 11 is 1.53. The maximum atomic E-state index is 11.3. The van der Waals surface area contributed by atoms with E-state index in [0.29, 0.717) is 0 Å². The molecule has 4 heteroatoms. The molecule has 0 aliphatic carbocycles. The summed E-state index contributed by atoms with van der Waals surface area (Å²) in [5, 5.41) is 11.2. The fourth-order valence-corrected chi connectivity index (χ4v) is 2.93. The number of piperidine rings is 1. The molecule has 1 saturated heterocycles. The number of nitrogens with zero attached hydrogens (tertiary/aromatic N) is 1. The Morgan fingerprint density at radius 1 is 1.40 bits per heavy atom. The number of rotatable bonds is 3. The Hall–Kier alpha value is -0.870. The van der Waals surface area contributed by atoms with E-state index >= 15 is 0 Å². The van der Waals surface area contributed by atoms with Crippen molar-refractivity contribution in [3.63, 3.8) is 0 Å². The lowest BCUT2D eigenvalue weighted by Crippen LogP contribution is -2.37. The van der Waals surface area contributed by atoms with Crippen molar-refractivity contribution in [3.05, 3.63) is 22.4 Å². The highest BCUT2D eigenvalue weighted by Gasteiger charge is 2.28. The molecule has 1 aliphatic rings. The molecule has 15 heavy (non-hydrogen) atoms. The third-order valence-electron chi connectivity index (χ3n) is 2.80. The Kier molecular flexibility index (Phi) is 3.38. The first kappa shape index (κ1) is 10.6. The largest absolute Gasteiger partial charge is 0.480 e. The highest BCUT2D eigenvalue weighted by Crippen LogP contribution is 2.27. The van der Waals surface area contributed by atoms with E-state index in [9.17, 15) is 9.90 Å². The standard InChI is InChI=1S/C11H15NO2S/c13-11(14)10(9-5-4-8-15-9)12-6-2-1-3-7-12/h4-5,8,10H,1-3,6-7H2,(H,13,14)/t10-/m1/s1. The van der Waals surface area contributed by atoms with Crippen LogP contribution in [0.15, 0.2) is 17.5 Å². The molecule has 2 heterocycles. The number of hydrogen-bond donors (Lipinski definition) is 1. The van der Waals surface area contributed by atoms with Gasteiger partial charge in [0.25, 0.3) is 0 Å². The van der Waals surface area contributed by atoms with Crippen LogP contribution in [0.1, 0.15) is 30.2 Å². The van der Waals surface area contributed by atoms with Crippen LogP contribution in [0.4, 0.5) is 0 Å². The van der Waals surface area contributed by atoms with Gasteiger partial charge in [0.05, 0.1) is 0 Å². The first-order valence-corrected chi connectivity index (χ1v) is 6.17. The minimum absolute atomic E-state index is 0.426. The summed E-state index contributed by atoms with van der Waals surface area (Å²) in [5.74, 6) is -0.723. The summed E-state index contributed by atoms with van der Waals surface area (Å²) in [6, 6.07) is 3.41. The predicted octanol–water partition coefficient (Wildman–Crippen LogP) is 2.36. The van der Waals surface area contributed by atoms with Gasteiger partial charge in [-0.2, -0.15) is 0 Å². The lowest BCUT2D eigenvalue weighted by atomic mass is 10.1. The molecule has 0 amide bonds.